The molecule has 0 aliphatic rings. The lowest BCUT2D eigenvalue weighted by molar-refractivity contribution is -0.384. The fourth-order valence-electron chi connectivity index (χ4n) is 1.89. The Morgan fingerprint density at radius 1 is 1.37 bits per heavy atom. The molecule has 4 N–H and O–H groups in total. The minimum atomic E-state index is -0.609. The van der Waals surface area contributed by atoms with E-state index in [2.05, 4.69) is 15.6 Å². The van der Waals surface area contributed by atoms with Crippen LogP contribution in [-0.2, 0) is 9.59 Å². The number of nitrogens with two attached hydrogens (primary N) is 1. The molecule has 0 spiro atoms. The summed E-state index contributed by atoms with van der Waals surface area (Å²) in [6.07, 6.45) is 0. The molecule has 0 bridgehead atoms. The van der Waals surface area contributed by atoms with Crippen molar-refractivity contribution in [1.29, 1.82) is 0 Å². The van der Waals surface area contributed by atoms with Crippen molar-refractivity contribution in [3.63, 3.8) is 0 Å². The highest BCUT2D eigenvalue weighted by Gasteiger charge is 2.14. The molecule has 0 radical (unpaired) electrons. The molecule has 3 amide bonds. The van der Waals surface area contributed by atoms with Crippen molar-refractivity contribution in [2.45, 2.75) is 11.1 Å². The first-order valence-electron chi connectivity index (χ1n) is 7.47. The number of nitrogens with one attached hydrogen (secondary N) is 2. The van der Waals surface area contributed by atoms with Gasteiger partial charge in [-0.05, 0) is 13.0 Å². The zero-order valence-corrected chi connectivity index (χ0v) is 15.7. The number of hydrogen-bond acceptors (Lipinski definition) is 8. The van der Waals surface area contributed by atoms with Crippen molar-refractivity contribution >= 4 is 51.6 Å². The first-order chi connectivity index (χ1) is 12.8. The van der Waals surface area contributed by atoms with E-state index in [0.29, 0.717) is 10.8 Å². The van der Waals surface area contributed by atoms with Crippen molar-refractivity contribution in [3.05, 3.63) is 45.6 Å². The molecule has 2 aromatic rings. The summed E-state index contributed by atoms with van der Waals surface area (Å²) >= 11 is 2.42. The van der Waals surface area contributed by atoms with Crippen LogP contribution < -0.4 is 16.4 Å². The van der Waals surface area contributed by atoms with E-state index in [4.69, 9.17) is 5.73 Å². The molecule has 142 valence electrons. The second-order valence-electron chi connectivity index (χ2n) is 5.19. The summed E-state index contributed by atoms with van der Waals surface area (Å²) in [6, 6.07) is 5.19. The van der Waals surface area contributed by atoms with E-state index in [1.54, 1.807) is 6.92 Å². The summed E-state index contributed by atoms with van der Waals surface area (Å²) in [5.41, 5.74) is 5.61. The van der Waals surface area contributed by atoms with Gasteiger partial charge in [-0.3, -0.25) is 24.5 Å². The average Bonchev–Trinajstić information content (AvgIpc) is 2.97. The van der Waals surface area contributed by atoms with Crippen molar-refractivity contribution in [2.75, 3.05) is 17.6 Å². The van der Waals surface area contributed by atoms with Gasteiger partial charge in [0.2, 0.25) is 11.8 Å². The second kappa shape index (κ2) is 9.09. The number of nitro groups is 1. The summed E-state index contributed by atoms with van der Waals surface area (Å²) in [5.74, 6) is -1.46. The van der Waals surface area contributed by atoms with Crippen LogP contribution in [-0.4, -0.2) is 39.9 Å². The maximum Gasteiger partial charge on any atom is 0.270 e. The Bertz CT molecular complexity index is 898. The Kier molecular flexibility index (Phi) is 6.85. The molecule has 2 rings (SSSR count). The van der Waals surface area contributed by atoms with Crippen LogP contribution in [0.3, 0.4) is 0 Å². The van der Waals surface area contributed by atoms with Crippen LogP contribution in [0, 0.1) is 17.0 Å². The summed E-state index contributed by atoms with van der Waals surface area (Å²) in [6.45, 7) is 1.41. The summed E-state index contributed by atoms with van der Waals surface area (Å²) < 4.78 is 0.754. The molecular weight excluding hydrogens is 394 g/mol. The highest BCUT2D eigenvalue weighted by Crippen LogP contribution is 2.31. The van der Waals surface area contributed by atoms with Gasteiger partial charge in [-0.25, -0.2) is 4.98 Å². The van der Waals surface area contributed by atoms with E-state index in [1.165, 1.54) is 41.3 Å². The smallest absolute Gasteiger partial charge is 0.270 e. The molecule has 1 heterocycles. The number of rotatable bonds is 8. The minimum absolute atomic E-state index is 0.0761. The Morgan fingerprint density at radius 3 is 2.78 bits per heavy atom. The number of non-ortho nitro benzene ring substituents is 1. The van der Waals surface area contributed by atoms with E-state index in [1.807, 2.05) is 0 Å². The van der Waals surface area contributed by atoms with Crippen molar-refractivity contribution in [1.82, 2.24) is 10.3 Å². The molecule has 10 nitrogen and oxygen atoms in total. The third kappa shape index (κ3) is 6.04. The zero-order chi connectivity index (χ0) is 20.0. The van der Waals surface area contributed by atoms with Gasteiger partial charge >= 0.3 is 0 Å². The van der Waals surface area contributed by atoms with Crippen molar-refractivity contribution in [2.24, 2.45) is 5.73 Å². The first kappa shape index (κ1) is 20.3. The number of hydrogen-bond donors (Lipinski definition) is 3. The molecule has 0 fully saturated rings. The van der Waals surface area contributed by atoms with Gasteiger partial charge in [0.05, 0.1) is 27.1 Å². The monoisotopic (exact) mass is 409 g/mol. The Hall–Kier alpha value is -2.99. The maximum absolute atomic E-state index is 12.0. The molecular formula is C15H15N5O5S2. The molecule has 12 heteroatoms. The second-order valence-corrected chi connectivity index (χ2v) is 7.43. The fraction of sp³-hybridized carbons (Fsp3) is 0.200. The van der Waals surface area contributed by atoms with Crippen LogP contribution in [0.5, 0.6) is 0 Å². The molecule has 27 heavy (non-hydrogen) atoms. The zero-order valence-electron chi connectivity index (χ0n) is 14.1. The fourth-order valence-corrected chi connectivity index (χ4v) is 3.79. The number of aromatic nitrogens is 1. The quantitative estimate of drug-likeness (QED) is 0.337. The Labute approximate surface area is 161 Å². The van der Waals surface area contributed by atoms with Gasteiger partial charge < -0.3 is 16.4 Å². The molecule has 0 saturated carbocycles. The standard InChI is InChI=1S/C15H15N5O5S2/c1-8-14(26-7-11(16)21)27-15(18-8)19-12(22)6-17-13(23)9-3-2-4-10(5-9)20(24)25/h2-5H,6-7H2,1H3,(H2,16,21)(H,17,23)(H,18,19,22). The van der Waals surface area contributed by atoms with E-state index >= 15 is 0 Å². The van der Waals surface area contributed by atoms with Gasteiger partial charge in [0.1, 0.15) is 0 Å². The third-order valence-corrected chi connectivity index (χ3v) is 5.53. The number of amides is 3. The number of aryl methyl sites for hydroxylation is 1. The maximum atomic E-state index is 12.0. The summed E-state index contributed by atoms with van der Waals surface area (Å²) in [5, 5.41) is 16.0. The highest BCUT2D eigenvalue weighted by molar-refractivity contribution is 8.01. The van der Waals surface area contributed by atoms with Crippen molar-refractivity contribution < 1.29 is 19.3 Å². The SMILES string of the molecule is Cc1nc(NC(=O)CNC(=O)c2cccc([N+](=O)[O-])c2)sc1SCC(N)=O. The molecule has 1 aromatic heterocycles. The lowest BCUT2D eigenvalue weighted by Gasteiger charge is -2.05. The predicted molar refractivity (Wildman–Crippen MR) is 101 cm³/mol. The minimum Gasteiger partial charge on any atom is -0.369 e. The van der Waals surface area contributed by atoms with Gasteiger partial charge in [-0.2, -0.15) is 0 Å². The van der Waals surface area contributed by atoms with E-state index < -0.39 is 22.6 Å². The number of benzene rings is 1. The lowest BCUT2D eigenvalue weighted by atomic mass is 10.2. The van der Waals surface area contributed by atoms with Gasteiger partial charge in [0, 0.05) is 17.7 Å². The number of thioether (sulfide) groups is 1. The average molecular weight is 409 g/mol. The number of anilines is 1. The first-order valence-corrected chi connectivity index (χ1v) is 9.27. The normalized spacial score (nSPS) is 10.3. The summed E-state index contributed by atoms with van der Waals surface area (Å²) in [4.78, 5) is 49.1. The molecule has 1 aromatic carbocycles. The van der Waals surface area contributed by atoms with Crippen LogP contribution in [0.4, 0.5) is 10.8 Å². The summed E-state index contributed by atoms with van der Waals surface area (Å²) in [7, 11) is 0. The number of thiazole rings is 1. The van der Waals surface area contributed by atoms with Gasteiger partial charge in [-0.1, -0.05) is 17.4 Å². The van der Waals surface area contributed by atoms with E-state index in [-0.39, 0.29) is 23.5 Å². The molecule has 0 saturated heterocycles. The number of carbonyl (C=O) groups is 3. The van der Waals surface area contributed by atoms with Gasteiger partial charge in [0.25, 0.3) is 11.6 Å². The van der Waals surface area contributed by atoms with Crippen LogP contribution in [0.2, 0.25) is 0 Å². The van der Waals surface area contributed by atoms with Crippen LogP contribution in [0.25, 0.3) is 0 Å². The van der Waals surface area contributed by atoms with Crippen LogP contribution >= 0.6 is 23.1 Å². The van der Waals surface area contributed by atoms with Gasteiger partial charge in [-0.15, -0.1) is 11.8 Å². The topological polar surface area (TPSA) is 157 Å². The lowest BCUT2D eigenvalue weighted by Crippen LogP contribution is -2.32. The van der Waals surface area contributed by atoms with Crippen molar-refractivity contribution in [3.8, 4) is 0 Å². The molecule has 0 atom stereocenters. The largest absolute Gasteiger partial charge is 0.369 e. The van der Waals surface area contributed by atoms with E-state index in [0.717, 1.165) is 10.3 Å². The Morgan fingerprint density at radius 2 is 2.11 bits per heavy atom. The highest BCUT2D eigenvalue weighted by atomic mass is 32.2. The Balaban J connectivity index is 1.90. The molecule has 0 aliphatic carbocycles. The van der Waals surface area contributed by atoms with Crippen LogP contribution in [0.1, 0.15) is 16.1 Å². The van der Waals surface area contributed by atoms with E-state index in [9.17, 15) is 24.5 Å². The van der Waals surface area contributed by atoms with Gasteiger partial charge in [0.15, 0.2) is 5.13 Å². The number of carbonyl (C=O) groups excluding carboxylic acids is 3. The third-order valence-electron chi connectivity index (χ3n) is 3.07. The number of nitrogens with zero attached hydrogens (tertiary/aromatic N) is 2. The molecule has 0 aliphatic heterocycles. The van der Waals surface area contributed by atoms with Crippen LogP contribution in [0.15, 0.2) is 28.5 Å². The number of primary amides is 1. The predicted octanol–water partition coefficient (Wildman–Crippen LogP) is 1.31. The molecule has 0 unspecified atom stereocenters. The number of nitro benzene ring substituents is 1.